The summed E-state index contributed by atoms with van der Waals surface area (Å²) >= 11 is 0. The number of nitrogens with zero attached hydrogens (tertiary/aromatic N) is 4. The topological polar surface area (TPSA) is 108 Å². The van der Waals surface area contributed by atoms with E-state index >= 15 is 0 Å². The first-order valence-electron chi connectivity index (χ1n) is 13.5. The van der Waals surface area contributed by atoms with Crippen LogP contribution in [-0.2, 0) is 14.8 Å². The maximum absolute atomic E-state index is 13.5. The third-order valence-electron chi connectivity index (χ3n) is 7.10. The Morgan fingerprint density at radius 3 is 2.54 bits per heavy atom. The maximum Gasteiger partial charge on any atom is 0.266 e. The van der Waals surface area contributed by atoms with Gasteiger partial charge in [-0.25, -0.2) is 13.1 Å². The van der Waals surface area contributed by atoms with E-state index < -0.39 is 15.9 Å². The summed E-state index contributed by atoms with van der Waals surface area (Å²) in [4.78, 5) is 13.2. The molecule has 0 saturated carbocycles. The van der Waals surface area contributed by atoms with Crippen LogP contribution in [0.5, 0.6) is 0 Å². The lowest BCUT2D eigenvalue weighted by Crippen LogP contribution is -2.39. The molecule has 1 atom stereocenters. The van der Waals surface area contributed by atoms with Crippen LogP contribution in [0.3, 0.4) is 0 Å². The molecule has 1 N–H and O–H groups in total. The highest BCUT2D eigenvalue weighted by molar-refractivity contribution is 7.89. The van der Waals surface area contributed by atoms with Crippen molar-refractivity contribution in [3.05, 3.63) is 102 Å². The number of hydrogen-bond acceptors (Lipinski definition) is 5. The molecule has 8 nitrogen and oxygen atoms in total. The SMILES string of the molecule is Cc1ccc(NC(=O)/C(C#N)=C\c2cn(-c3ccccc3)nc2-c2cccc(S(=O)(=O)N3CCCC(C)C3)c2)cc1. The number of nitrogens with one attached hydrogen (secondary N) is 1. The zero-order valence-electron chi connectivity index (χ0n) is 23.0. The normalized spacial score (nSPS) is 16.2. The van der Waals surface area contributed by atoms with Crippen molar-refractivity contribution in [2.45, 2.75) is 31.6 Å². The van der Waals surface area contributed by atoms with Crippen molar-refractivity contribution in [3.8, 4) is 23.0 Å². The minimum atomic E-state index is -3.70. The lowest BCUT2D eigenvalue weighted by Gasteiger charge is -2.30. The third kappa shape index (κ3) is 6.30. The number of rotatable bonds is 7. The Kier molecular flexibility index (Phi) is 8.15. The number of carbonyl (C=O) groups excluding carboxylic acids is 1. The van der Waals surface area contributed by atoms with Crippen molar-refractivity contribution >= 4 is 27.7 Å². The summed E-state index contributed by atoms with van der Waals surface area (Å²) < 4.78 is 30.3. The summed E-state index contributed by atoms with van der Waals surface area (Å²) in [7, 11) is -3.70. The van der Waals surface area contributed by atoms with E-state index in [0.29, 0.717) is 41.5 Å². The van der Waals surface area contributed by atoms with Gasteiger partial charge < -0.3 is 5.32 Å². The summed E-state index contributed by atoms with van der Waals surface area (Å²) in [5, 5.41) is 17.4. The van der Waals surface area contributed by atoms with Gasteiger partial charge in [0.2, 0.25) is 10.0 Å². The Bertz CT molecular complexity index is 1740. The predicted molar refractivity (Wildman–Crippen MR) is 160 cm³/mol. The van der Waals surface area contributed by atoms with Crippen molar-refractivity contribution in [1.82, 2.24) is 14.1 Å². The molecule has 0 aliphatic carbocycles. The van der Waals surface area contributed by atoms with Crippen LogP contribution in [0.4, 0.5) is 5.69 Å². The molecule has 1 unspecified atom stereocenters. The van der Waals surface area contributed by atoms with E-state index in [0.717, 1.165) is 24.1 Å². The zero-order valence-corrected chi connectivity index (χ0v) is 23.8. The summed E-state index contributed by atoms with van der Waals surface area (Å²) in [6.45, 7) is 5.00. The fourth-order valence-electron chi connectivity index (χ4n) is 4.89. The number of piperidine rings is 1. The summed E-state index contributed by atoms with van der Waals surface area (Å²) in [5.41, 5.74) is 3.82. The number of hydrogen-bond donors (Lipinski definition) is 1. The molecule has 3 aromatic carbocycles. The second-order valence-electron chi connectivity index (χ2n) is 10.3. The molecule has 0 radical (unpaired) electrons. The Balaban J connectivity index is 1.55. The van der Waals surface area contributed by atoms with E-state index in [4.69, 9.17) is 5.10 Å². The van der Waals surface area contributed by atoms with Crippen molar-refractivity contribution in [3.63, 3.8) is 0 Å². The first kappa shape index (κ1) is 28.0. The zero-order chi connectivity index (χ0) is 29.0. The highest BCUT2D eigenvalue weighted by atomic mass is 32.2. The van der Waals surface area contributed by atoms with Crippen LogP contribution in [0.2, 0.25) is 0 Å². The quantitative estimate of drug-likeness (QED) is 0.225. The van der Waals surface area contributed by atoms with Crippen LogP contribution >= 0.6 is 0 Å². The second-order valence-corrected chi connectivity index (χ2v) is 12.3. The number of para-hydroxylation sites is 1. The van der Waals surface area contributed by atoms with Gasteiger partial charge in [0.1, 0.15) is 17.3 Å². The average Bonchev–Trinajstić information content (AvgIpc) is 3.41. The fraction of sp³-hybridized carbons (Fsp3) is 0.219. The number of nitriles is 1. The van der Waals surface area contributed by atoms with Crippen LogP contribution in [0.25, 0.3) is 23.0 Å². The minimum Gasteiger partial charge on any atom is -0.321 e. The molecular formula is C32H31N5O3S. The lowest BCUT2D eigenvalue weighted by atomic mass is 10.0. The van der Waals surface area contributed by atoms with Crippen LogP contribution in [0.1, 0.15) is 30.9 Å². The van der Waals surface area contributed by atoms with E-state index in [2.05, 4.69) is 12.2 Å². The van der Waals surface area contributed by atoms with Gasteiger partial charge in [-0.15, -0.1) is 0 Å². The number of sulfonamides is 1. The highest BCUT2D eigenvalue weighted by Crippen LogP contribution is 2.30. The second kappa shape index (κ2) is 11.9. The summed E-state index contributed by atoms with van der Waals surface area (Å²) in [5.74, 6) is -0.249. The molecule has 208 valence electrons. The van der Waals surface area contributed by atoms with E-state index in [9.17, 15) is 18.5 Å². The lowest BCUT2D eigenvalue weighted by molar-refractivity contribution is -0.112. The van der Waals surface area contributed by atoms with Crippen molar-refractivity contribution in [2.75, 3.05) is 18.4 Å². The Hall–Kier alpha value is -4.52. The van der Waals surface area contributed by atoms with Gasteiger partial charge in [0.25, 0.3) is 5.91 Å². The third-order valence-corrected chi connectivity index (χ3v) is 8.96. The van der Waals surface area contributed by atoms with Crippen LogP contribution < -0.4 is 5.32 Å². The Morgan fingerprint density at radius 1 is 1.07 bits per heavy atom. The van der Waals surface area contributed by atoms with E-state index in [1.807, 2.05) is 55.5 Å². The molecule has 1 saturated heterocycles. The van der Waals surface area contributed by atoms with Gasteiger partial charge in [-0.2, -0.15) is 14.7 Å². The monoisotopic (exact) mass is 565 g/mol. The van der Waals surface area contributed by atoms with Crippen LogP contribution in [-0.4, -0.2) is 41.5 Å². The standard InChI is InChI=1S/C32H31N5O3S/c1-23-13-15-28(16-14-23)34-32(38)26(20-33)18-27-22-37(29-10-4-3-5-11-29)35-31(27)25-9-6-12-30(19-25)41(39,40)36-17-7-8-24(2)21-36/h3-6,9-16,18-19,22,24H,7-8,17,21H2,1-2H3,(H,34,38)/b26-18-. The number of amides is 1. The fourth-order valence-corrected chi connectivity index (χ4v) is 6.53. The first-order chi connectivity index (χ1) is 19.7. The molecule has 5 rings (SSSR count). The summed E-state index contributed by atoms with van der Waals surface area (Å²) in [6.07, 6.45) is 5.06. The predicted octanol–water partition coefficient (Wildman–Crippen LogP) is 5.81. The first-order valence-corrected chi connectivity index (χ1v) is 14.9. The smallest absolute Gasteiger partial charge is 0.266 e. The average molecular weight is 566 g/mol. The van der Waals surface area contributed by atoms with Crippen LogP contribution in [0, 0.1) is 24.2 Å². The van der Waals surface area contributed by atoms with Gasteiger partial charge in [-0.3, -0.25) is 4.79 Å². The molecule has 1 aliphatic rings. The van der Waals surface area contributed by atoms with E-state index in [1.54, 1.807) is 51.6 Å². The Morgan fingerprint density at radius 2 is 1.83 bits per heavy atom. The van der Waals surface area contributed by atoms with E-state index in [1.165, 1.54) is 6.08 Å². The molecule has 41 heavy (non-hydrogen) atoms. The highest BCUT2D eigenvalue weighted by Gasteiger charge is 2.29. The number of benzene rings is 3. The number of aryl methyl sites for hydroxylation is 1. The molecule has 9 heteroatoms. The van der Waals surface area contributed by atoms with Gasteiger partial charge in [-0.05, 0) is 68.2 Å². The molecular weight excluding hydrogens is 534 g/mol. The van der Waals surface area contributed by atoms with Crippen molar-refractivity contribution in [1.29, 1.82) is 5.26 Å². The number of anilines is 1. The van der Waals surface area contributed by atoms with Crippen molar-refractivity contribution in [2.24, 2.45) is 5.92 Å². The van der Waals surface area contributed by atoms with Crippen molar-refractivity contribution < 1.29 is 13.2 Å². The molecule has 1 aromatic heterocycles. The Labute approximate surface area is 240 Å². The summed E-state index contributed by atoms with van der Waals surface area (Å²) in [6, 6.07) is 25.4. The van der Waals surface area contributed by atoms with Gasteiger partial charge in [0, 0.05) is 36.1 Å². The van der Waals surface area contributed by atoms with Gasteiger partial charge in [-0.1, -0.05) is 55.0 Å². The maximum atomic E-state index is 13.5. The number of aromatic nitrogens is 2. The van der Waals surface area contributed by atoms with E-state index in [-0.39, 0.29) is 10.5 Å². The molecule has 1 aliphatic heterocycles. The van der Waals surface area contributed by atoms with Gasteiger partial charge in [0.05, 0.1) is 10.6 Å². The van der Waals surface area contributed by atoms with Crippen LogP contribution in [0.15, 0.2) is 95.5 Å². The molecule has 0 bridgehead atoms. The molecule has 0 spiro atoms. The minimum absolute atomic E-state index is 0.106. The number of carbonyl (C=O) groups is 1. The molecule has 1 fully saturated rings. The van der Waals surface area contributed by atoms with Gasteiger partial charge in [0.15, 0.2) is 0 Å². The molecule has 4 aromatic rings. The molecule has 2 heterocycles. The van der Waals surface area contributed by atoms with Gasteiger partial charge >= 0.3 is 0 Å². The largest absolute Gasteiger partial charge is 0.321 e. The molecule has 1 amide bonds.